The van der Waals surface area contributed by atoms with E-state index in [-0.39, 0.29) is 18.4 Å². The lowest BCUT2D eigenvalue weighted by atomic mass is 10.2. The first-order valence-corrected chi connectivity index (χ1v) is 11.5. The number of rotatable bonds is 8. The minimum atomic E-state index is -0.273. The lowest BCUT2D eigenvalue weighted by Crippen LogP contribution is -2.36. The topological polar surface area (TPSA) is 97.1 Å². The first-order chi connectivity index (χ1) is 16.9. The third-order valence-corrected chi connectivity index (χ3v) is 5.90. The highest BCUT2D eigenvalue weighted by molar-refractivity contribution is 5.99. The maximum absolute atomic E-state index is 12.9. The van der Waals surface area contributed by atoms with E-state index in [1.165, 1.54) is 4.90 Å². The fourth-order valence-corrected chi connectivity index (χ4v) is 3.87. The van der Waals surface area contributed by atoms with E-state index in [4.69, 9.17) is 14.0 Å². The van der Waals surface area contributed by atoms with Gasteiger partial charge in [0.15, 0.2) is 0 Å². The molecule has 4 rings (SSSR count). The molecule has 35 heavy (non-hydrogen) atoms. The van der Waals surface area contributed by atoms with E-state index in [0.717, 1.165) is 43.2 Å². The quantitative estimate of drug-likeness (QED) is 0.530. The Morgan fingerprint density at radius 2 is 1.86 bits per heavy atom. The first kappa shape index (κ1) is 24.3. The van der Waals surface area contributed by atoms with Crippen molar-refractivity contribution in [1.29, 1.82) is 0 Å². The van der Waals surface area contributed by atoms with Crippen molar-refractivity contribution in [2.75, 3.05) is 50.1 Å². The van der Waals surface area contributed by atoms with Crippen molar-refractivity contribution < 1.29 is 23.6 Å². The van der Waals surface area contributed by atoms with Crippen molar-refractivity contribution in [3.05, 3.63) is 71.1 Å². The second-order valence-electron chi connectivity index (χ2n) is 8.47. The predicted octanol–water partition coefficient (Wildman–Crippen LogP) is 3.42. The first-order valence-electron chi connectivity index (χ1n) is 11.5. The Kier molecular flexibility index (Phi) is 7.67. The molecule has 1 aliphatic rings. The minimum absolute atomic E-state index is 0.0752. The third-order valence-electron chi connectivity index (χ3n) is 5.90. The Balaban J connectivity index is 1.30. The van der Waals surface area contributed by atoms with Gasteiger partial charge < -0.3 is 29.1 Å². The highest BCUT2D eigenvalue weighted by atomic mass is 16.5. The van der Waals surface area contributed by atoms with E-state index in [1.54, 1.807) is 31.3 Å². The number of aromatic nitrogens is 1. The molecule has 0 radical (unpaired) electrons. The zero-order valence-electron chi connectivity index (χ0n) is 20.2. The van der Waals surface area contributed by atoms with Crippen LogP contribution in [0.25, 0.3) is 0 Å². The second-order valence-corrected chi connectivity index (χ2v) is 8.47. The molecule has 9 nitrogen and oxygen atoms in total. The number of anilines is 2. The van der Waals surface area contributed by atoms with Crippen molar-refractivity contribution in [1.82, 2.24) is 10.1 Å². The van der Waals surface area contributed by atoms with Crippen LogP contribution < -0.4 is 15.0 Å². The fourth-order valence-electron chi connectivity index (χ4n) is 3.87. The third kappa shape index (κ3) is 6.19. The Hall–Kier alpha value is -3.85. The minimum Gasteiger partial charge on any atom is -0.489 e. The summed E-state index contributed by atoms with van der Waals surface area (Å²) in [6.07, 6.45) is 0. The zero-order chi connectivity index (χ0) is 24.8. The Labute approximate surface area is 204 Å². The number of carbonyl (C=O) groups is 2. The molecule has 0 atom stereocenters. The molecule has 3 aromatic rings. The second kappa shape index (κ2) is 11.1. The molecule has 1 N–H and O–H groups in total. The SMILES string of the molecule is Cc1noc(C)c1COc1cccc(C(=O)N(C)CC(=O)Nc2ccc(N3CCOCC3)cc2)c1. The zero-order valence-corrected chi connectivity index (χ0v) is 20.2. The summed E-state index contributed by atoms with van der Waals surface area (Å²) in [6.45, 7) is 7.04. The van der Waals surface area contributed by atoms with Crippen LogP contribution in [0.2, 0.25) is 0 Å². The highest BCUT2D eigenvalue weighted by Crippen LogP contribution is 2.20. The molecule has 1 fully saturated rings. The van der Waals surface area contributed by atoms with Crippen LogP contribution in [0.5, 0.6) is 5.75 Å². The lowest BCUT2D eigenvalue weighted by Gasteiger charge is -2.28. The van der Waals surface area contributed by atoms with E-state index < -0.39 is 0 Å². The molecule has 9 heteroatoms. The number of aryl methyl sites for hydroxylation is 2. The van der Waals surface area contributed by atoms with Gasteiger partial charge in [0, 0.05) is 37.1 Å². The predicted molar refractivity (Wildman–Crippen MR) is 132 cm³/mol. The van der Waals surface area contributed by atoms with Gasteiger partial charge in [-0.2, -0.15) is 0 Å². The molecule has 0 spiro atoms. The van der Waals surface area contributed by atoms with Crippen LogP contribution in [0, 0.1) is 13.8 Å². The number of ether oxygens (including phenoxy) is 2. The summed E-state index contributed by atoms with van der Waals surface area (Å²) in [4.78, 5) is 29.1. The molecule has 0 unspecified atom stereocenters. The molecular formula is C26H30N4O5. The molecule has 184 valence electrons. The molecular weight excluding hydrogens is 448 g/mol. The molecule has 2 heterocycles. The average Bonchev–Trinajstić information content (AvgIpc) is 3.20. The molecule has 1 aliphatic heterocycles. The molecule has 1 aromatic heterocycles. The van der Waals surface area contributed by atoms with Crippen LogP contribution in [0.15, 0.2) is 53.1 Å². The summed E-state index contributed by atoms with van der Waals surface area (Å²) in [7, 11) is 1.60. The van der Waals surface area contributed by atoms with E-state index in [2.05, 4.69) is 15.4 Å². The lowest BCUT2D eigenvalue weighted by molar-refractivity contribution is -0.116. The number of likely N-dealkylation sites (N-methyl/N-ethyl adjacent to an activating group) is 1. The standard InChI is InChI=1S/C26H30N4O5/c1-18-24(19(2)35-28-18)17-34-23-6-4-5-20(15-23)26(32)29(3)16-25(31)27-21-7-9-22(10-8-21)30-11-13-33-14-12-30/h4-10,15H,11-14,16-17H2,1-3H3,(H,27,31). The van der Waals surface area contributed by atoms with Crippen LogP contribution in [-0.2, 0) is 16.1 Å². The number of morpholine rings is 1. The molecule has 2 amide bonds. The Bertz CT molecular complexity index is 1150. The van der Waals surface area contributed by atoms with E-state index in [1.807, 2.05) is 38.1 Å². The number of nitrogens with one attached hydrogen (secondary N) is 1. The fraction of sp³-hybridized carbons (Fsp3) is 0.346. The van der Waals surface area contributed by atoms with Crippen molar-refractivity contribution in [2.45, 2.75) is 20.5 Å². The van der Waals surface area contributed by atoms with Crippen LogP contribution in [0.1, 0.15) is 27.4 Å². The monoisotopic (exact) mass is 478 g/mol. The van der Waals surface area contributed by atoms with E-state index >= 15 is 0 Å². The number of benzene rings is 2. The van der Waals surface area contributed by atoms with Crippen molar-refractivity contribution in [2.24, 2.45) is 0 Å². The summed E-state index contributed by atoms with van der Waals surface area (Å²) in [6, 6.07) is 14.6. The largest absolute Gasteiger partial charge is 0.489 e. The molecule has 2 aromatic carbocycles. The summed E-state index contributed by atoms with van der Waals surface area (Å²) in [5.74, 6) is 0.710. The van der Waals surface area contributed by atoms with Gasteiger partial charge in [-0.1, -0.05) is 11.2 Å². The van der Waals surface area contributed by atoms with Crippen LogP contribution in [0.4, 0.5) is 11.4 Å². The maximum Gasteiger partial charge on any atom is 0.254 e. The van der Waals surface area contributed by atoms with Gasteiger partial charge in [-0.3, -0.25) is 9.59 Å². The number of carbonyl (C=O) groups excluding carboxylic acids is 2. The van der Waals surface area contributed by atoms with E-state index in [9.17, 15) is 9.59 Å². The van der Waals surface area contributed by atoms with Gasteiger partial charge in [-0.05, 0) is 56.3 Å². The Morgan fingerprint density at radius 1 is 1.11 bits per heavy atom. The Morgan fingerprint density at radius 3 is 2.54 bits per heavy atom. The molecule has 0 aliphatic carbocycles. The number of amides is 2. The summed E-state index contributed by atoms with van der Waals surface area (Å²) in [5.41, 5.74) is 3.87. The van der Waals surface area contributed by atoms with Gasteiger partial charge in [-0.25, -0.2) is 0 Å². The molecule has 1 saturated heterocycles. The van der Waals surface area contributed by atoms with E-state index in [0.29, 0.717) is 29.4 Å². The summed E-state index contributed by atoms with van der Waals surface area (Å²) < 4.78 is 16.4. The number of nitrogens with zero attached hydrogens (tertiary/aromatic N) is 3. The average molecular weight is 479 g/mol. The van der Waals surface area contributed by atoms with Gasteiger partial charge in [-0.15, -0.1) is 0 Å². The van der Waals surface area contributed by atoms with Crippen molar-refractivity contribution in [3.63, 3.8) is 0 Å². The van der Waals surface area contributed by atoms with Gasteiger partial charge in [0.25, 0.3) is 5.91 Å². The van der Waals surface area contributed by atoms with Crippen molar-refractivity contribution >= 4 is 23.2 Å². The smallest absolute Gasteiger partial charge is 0.254 e. The molecule has 0 saturated carbocycles. The van der Waals surface area contributed by atoms with Gasteiger partial charge >= 0.3 is 0 Å². The summed E-state index contributed by atoms with van der Waals surface area (Å²) in [5, 5.41) is 6.77. The number of hydrogen-bond acceptors (Lipinski definition) is 7. The van der Waals surface area contributed by atoms with Crippen molar-refractivity contribution in [3.8, 4) is 5.75 Å². The van der Waals surface area contributed by atoms with Crippen LogP contribution in [-0.4, -0.2) is 61.8 Å². The van der Waals surface area contributed by atoms with Gasteiger partial charge in [0.05, 0.1) is 31.0 Å². The van der Waals surface area contributed by atoms with Gasteiger partial charge in [0.2, 0.25) is 5.91 Å². The molecule has 0 bridgehead atoms. The van der Waals surface area contributed by atoms with Crippen LogP contribution >= 0.6 is 0 Å². The normalized spacial score (nSPS) is 13.4. The highest BCUT2D eigenvalue weighted by Gasteiger charge is 2.17. The van der Waals surface area contributed by atoms with Gasteiger partial charge in [0.1, 0.15) is 18.1 Å². The maximum atomic E-state index is 12.9. The van der Waals surface area contributed by atoms with Crippen LogP contribution in [0.3, 0.4) is 0 Å². The summed E-state index contributed by atoms with van der Waals surface area (Å²) >= 11 is 0. The number of hydrogen-bond donors (Lipinski definition) is 1.